The molecule has 0 heterocycles. The Morgan fingerprint density at radius 2 is 1.80 bits per heavy atom. The van der Waals surface area contributed by atoms with Crippen molar-refractivity contribution in [3.63, 3.8) is 0 Å². The molecule has 0 rings (SSSR count). The molecule has 0 aromatic rings. The van der Waals surface area contributed by atoms with E-state index in [2.05, 4.69) is 0 Å². The standard InChI is InChI=1S/CHFO2.Ce/c2-1(3)4;/h(H,3,4);. The minimum Gasteiger partial charge on any atom is -0.456 e. The summed E-state index contributed by atoms with van der Waals surface area (Å²) in [6.45, 7) is 0. The van der Waals surface area contributed by atoms with Crippen molar-refractivity contribution >= 4 is 6.22 Å². The zero-order valence-electron chi connectivity index (χ0n) is 2.23. The monoisotopic (exact) mass is 204 g/mol. The smallest absolute Gasteiger partial charge is 0.456 e. The summed E-state index contributed by atoms with van der Waals surface area (Å²) in [6.07, 6.45) is -2.33. The van der Waals surface area contributed by atoms with Crippen molar-refractivity contribution < 1.29 is 56.0 Å². The van der Waals surface area contributed by atoms with Gasteiger partial charge in [0.05, 0.1) is 0 Å². The van der Waals surface area contributed by atoms with Gasteiger partial charge in [-0.2, -0.15) is 0 Å². The molecule has 0 spiro atoms. The van der Waals surface area contributed by atoms with E-state index in [4.69, 9.17) is 9.90 Å². The molecule has 0 bridgehead atoms. The van der Waals surface area contributed by atoms with Crippen LogP contribution in [0, 0.1) is 41.7 Å². The molecule has 0 saturated heterocycles. The second kappa shape index (κ2) is 4.78. The average molecular weight is 204 g/mol. The van der Waals surface area contributed by atoms with Gasteiger partial charge in [0.15, 0.2) is 0 Å². The number of carboxylic acid groups (broad SMARTS) is 1. The van der Waals surface area contributed by atoms with Gasteiger partial charge in [0.2, 0.25) is 0 Å². The van der Waals surface area contributed by atoms with Crippen molar-refractivity contribution in [1.29, 1.82) is 0 Å². The van der Waals surface area contributed by atoms with Crippen molar-refractivity contribution in [1.82, 2.24) is 0 Å². The fourth-order valence-corrected chi connectivity index (χ4v) is 0. The van der Waals surface area contributed by atoms with E-state index in [1.165, 1.54) is 0 Å². The molecular weight excluding hydrogens is 203 g/mol. The topological polar surface area (TPSA) is 37.3 Å². The minimum absolute atomic E-state index is 0. The molecule has 4 heteroatoms. The molecule has 0 aromatic carbocycles. The van der Waals surface area contributed by atoms with E-state index < -0.39 is 6.22 Å². The molecule has 0 radical (unpaired) electrons. The summed E-state index contributed by atoms with van der Waals surface area (Å²) in [5.41, 5.74) is 0. The van der Waals surface area contributed by atoms with Crippen LogP contribution >= 0.6 is 0 Å². The van der Waals surface area contributed by atoms with Crippen LogP contribution in [0.5, 0.6) is 0 Å². The molecule has 0 fully saturated rings. The summed E-state index contributed by atoms with van der Waals surface area (Å²) in [5.74, 6) is 0. The van der Waals surface area contributed by atoms with Crippen LogP contribution in [0.3, 0.4) is 0 Å². The molecule has 0 atom stereocenters. The van der Waals surface area contributed by atoms with E-state index in [1.54, 1.807) is 0 Å². The van der Waals surface area contributed by atoms with Crippen LogP contribution in [0.2, 0.25) is 0 Å². The second-order valence-corrected chi connectivity index (χ2v) is 0.253. The van der Waals surface area contributed by atoms with Crippen LogP contribution in [0.15, 0.2) is 0 Å². The third-order valence-corrected chi connectivity index (χ3v) is 0. The first-order valence-electron chi connectivity index (χ1n) is 0.617. The van der Waals surface area contributed by atoms with E-state index in [0.29, 0.717) is 0 Å². The number of hydrogen-bond acceptors (Lipinski definition) is 1. The Morgan fingerprint density at radius 1 is 1.80 bits per heavy atom. The fourth-order valence-electron chi connectivity index (χ4n) is 0. The van der Waals surface area contributed by atoms with Crippen LogP contribution < -0.4 is 0 Å². The summed E-state index contributed by atoms with van der Waals surface area (Å²) in [4.78, 5) is 8.33. The molecule has 0 amide bonds. The minimum atomic E-state index is -2.33. The Hall–Kier alpha value is 0.777. The van der Waals surface area contributed by atoms with Gasteiger partial charge < -0.3 is 5.11 Å². The van der Waals surface area contributed by atoms with Crippen molar-refractivity contribution in [3.05, 3.63) is 0 Å². The maximum absolute atomic E-state index is 9.92. The van der Waals surface area contributed by atoms with Crippen molar-refractivity contribution in [2.75, 3.05) is 0 Å². The predicted molar refractivity (Wildman–Crippen MR) is 9.13 cm³/mol. The molecule has 2 nitrogen and oxygen atoms in total. The summed E-state index contributed by atoms with van der Waals surface area (Å²) in [7, 11) is 0. The first-order valence-corrected chi connectivity index (χ1v) is 0.617. The maximum Gasteiger partial charge on any atom is 0.492 e. The molecule has 0 aliphatic carbocycles. The Labute approximate surface area is 61.7 Å². The van der Waals surface area contributed by atoms with E-state index in [-0.39, 0.29) is 41.7 Å². The SMILES string of the molecule is O=C(O)F.[Ce]. The molecule has 0 aliphatic heterocycles. The zero-order chi connectivity index (χ0) is 3.58. The third-order valence-electron chi connectivity index (χ3n) is 0. The number of rotatable bonds is 0. The van der Waals surface area contributed by atoms with E-state index >= 15 is 0 Å². The van der Waals surface area contributed by atoms with Crippen LogP contribution in [-0.2, 0) is 0 Å². The van der Waals surface area contributed by atoms with Gasteiger partial charge in [-0.25, -0.2) is 4.79 Å². The van der Waals surface area contributed by atoms with E-state index in [0.717, 1.165) is 0 Å². The fraction of sp³-hybridized carbons (Fsp3) is 0. The maximum atomic E-state index is 9.92. The number of halogens is 1. The molecular formula is CHCeFO2. The molecule has 0 aromatic heterocycles. The van der Waals surface area contributed by atoms with E-state index in [1.807, 2.05) is 0 Å². The quantitative estimate of drug-likeness (QED) is 0.588. The summed E-state index contributed by atoms with van der Waals surface area (Å²) >= 11 is 0. The number of hydrogen-bond donors (Lipinski definition) is 1. The summed E-state index contributed by atoms with van der Waals surface area (Å²) in [5, 5.41) is 6.75. The van der Waals surface area contributed by atoms with Crippen LogP contribution in [0.1, 0.15) is 0 Å². The Morgan fingerprint density at radius 3 is 1.80 bits per heavy atom. The van der Waals surface area contributed by atoms with Gasteiger partial charge in [-0.05, 0) is 0 Å². The largest absolute Gasteiger partial charge is 0.492 e. The molecule has 0 aliphatic rings. The number of carbonyl (C=O) groups is 1. The van der Waals surface area contributed by atoms with Gasteiger partial charge in [0.25, 0.3) is 0 Å². The molecule has 1 N–H and O–H groups in total. The van der Waals surface area contributed by atoms with Crippen molar-refractivity contribution in [3.8, 4) is 0 Å². The van der Waals surface area contributed by atoms with Gasteiger partial charge in [-0.3, -0.25) is 0 Å². The first kappa shape index (κ1) is 9.24. The van der Waals surface area contributed by atoms with E-state index in [9.17, 15) is 4.39 Å². The average Bonchev–Trinajstić information content (AvgIpc) is 0.811. The zero-order valence-corrected chi connectivity index (χ0v) is 5.37. The molecule has 0 saturated carbocycles. The van der Waals surface area contributed by atoms with Crippen molar-refractivity contribution in [2.45, 2.75) is 0 Å². The van der Waals surface area contributed by atoms with Gasteiger partial charge >= 0.3 is 6.22 Å². The van der Waals surface area contributed by atoms with Gasteiger partial charge in [-0.1, -0.05) is 0 Å². The molecule has 5 heavy (non-hydrogen) atoms. The van der Waals surface area contributed by atoms with Gasteiger partial charge in [0.1, 0.15) is 0 Å². The van der Waals surface area contributed by atoms with Crippen LogP contribution in [0.25, 0.3) is 0 Å². The Bertz CT molecular complexity index is 32.6. The third kappa shape index (κ3) is 61.1. The normalized spacial score (nSPS) is 5.00. The Balaban J connectivity index is 0. The summed E-state index contributed by atoms with van der Waals surface area (Å²) < 4.78 is 9.92. The van der Waals surface area contributed by atoms with Crippen LogP contribution in [0.4, 0.5) is 9.18 Å². The van der Waals surface area contributed by atoms with Gasteiger partial charge in [-0.15, -0.1) is 4.39 Å². The summed E-state index contributed by atoms with van der Waals surface area (Å²) in [6, 6.07) is 0. The molecule has 28 valence electrons. The van der Waals surface area contributed by atoms with Crippen LogP contribution in [-0.4, -0.2) is 11.3 Å². The predicted octanol–water partition coefficient (Wildman–Crippen LogP) is 0.634. The van der Waals surface area contributed by atoms with Crippen molar-refractivity contribution in [2.24, 2.45) is 0 Å². The first-order chi connectivity index (χ1) is 1.73. The second-order valence-electron chi connectivity index (χ2n) is 0.253. The molecule has 0 unspecified atom stereocenters. The Kier molecular flexibility index (Phi) is 8.83. The van der Waals surface area contributed by atoms with Gasteiger partial charge in [0, 0.05) is 41.7 Å².